The SMILES string of the molecule is COc1cc(/C=N\Nc2ccc(Cl)cc2)c(Br)cc1OCC#N. The second-order valence-electron chi connectivity index (χ2n) is 4.35. The maximum Gasteiger partial charge on any atom is 0.174 e. The van der Waals surface area contributed by atoms with Crippen molar-refractivity contribution in [2.24, 2.45) is 5.10 Å². The van der Waals surface area contributed by atoms with Crippen molar-refractivity contribution in [1.29, 1.82) is 5.26 Å². The molecule has 0 spiro atoms. The lowest BCUT2D eigenvalue weighted by Crippen LogP contribution is -1.99. The van der Waals surface area contributed by atoms with Gasteiger partial charge in [0.05, 0.1) is 19.0 Å². The topological polar surface area (TPSA) is 66.6 Å². The molecule has 2 rings (SSSR count). The summed E-state index contributed by atoms with van der Waals surface area (Å²) in [4.78, 5) is 0. The third kappa shape index (κ3) is 4.88. The summed E-state index contributed by atoms with van der Waals surface area (Å²) in [5, 5.41) is 13.4. The van der Waals surface area contributed by atoms with Gasteiger partial charge < -0.3 is 9.47 Å². The third-order valence-electron chi connectivity index (χ3n) is 2.82. The second-order valence-corrected chi connectivity index (χ2v) is 5.64. The highest BCUT2D eigenvalue weighted by molar-refractivity contribution is 9.10. The summed E-state index contributed by atoms with van der Waals surface area (Å²) in [6.45, 7) is -0.0473. The van der Waals surface area contributed by atoms with Crippen molar-refractivity contribution >= 4 is 39.4 Å². The molecule has 0 saturated carbocycles. The molecule has 2 aromatic carbocycles. The highest BCUT2D eigenvalue weighted by Crippen LogP contribution is 2.32. The number of hydrogen-bond donors (Lipinski definition) is 1. The number of anilines is 1. The van der Waals surface area contributed by atoms with E-state index >= 15 is 0 Å². The Labute approximate surface area is 147 Å². The van der Waals surface area contributed by atoms with Gasteiger partial charge in [-0.05, 0) is 52.3 Å². The molecule has 5 nitrogen and oxygen atoms in total. The molecule has 0 aliphatic rings. The van der Waals surface area contributed by atoms with Crippen LogP contribution in [0.5, 0.6) is 11.5 Å². The van der Waals surface area contributed by atoms with Gasteiger partial charge in [0.25, 0.3) is 0 Å². The van der Waals surface area contributed by atoms with Crippen LogP contribution in [0.3, 0.4) is 0 Å². The fourth-order valence-corrected chi connectivity index (χ4v) is 2.28. The van der Waals surface area contributed by atoms with Crippen molar-refractivity contribution in [2.45, 2.75) is 0 Å². The van der Waals surface area contributed by atoms with Crippen LogP contribution in [0.2, 0.25) is 5.02 Å². The molecule has 0 heterocycles. The molecule has 2 aromatic rings. The van der Waals surface area contributed by atoms with Crippen molar-refractivity contribution in [3.05, 3.63) is 51.5 Å². The first-order valence-corrected chi connectivity index (χ1v) is 7.73. The number of halogens is 2. The molecule has 1 N–H and O–H groups in total. The molecule has 0 saturated heterocycles. The molecule has 0 atom stereocenters. The molecule has 7 heteroatoms. The van der Waals surface area contributed by atoms with Crippen LogP contribution in [0, 0.1) is 11.3 Å². The molecule has 0 unspecified atom stereocenters. The second kappa shape index (κ2) is 8.42. The van der Waals surface area contributed by atoms with Crippen LogP contribution in [0.25, 0.3) is 0 Å². The van der Waals surface area contributed by atoms with E-state index in [4.69, 9.17) is 26.3 Å². The minimum absolute atomic E-state index is 0.0473. The Morgan fingerprint density at radius 2 is 2.04 bits per heavy atom. The highest BCUT2D eigenvalue weighted by atomic mass is 79.9. The number of methoxy groups -OCH3 is 1. The molecule has 118 valence electrons. The molecular formula is C16H13BrClN3O2. The van der Waals surface area contributed by atoms with Crippen LogP contribution in [0.4, 0.5) is 5.69 Å². The van der Waals surface area contributed by atoms with Crippen LogP contribution in [-0.4, -0.2) is 19.9 Å². The fourth-order valence-electron chi connectivity index (χ4n) is 1.73. The van der Waals surface area contributed by atoms with Gasteiger partial charge in [-0.2, -0.15) is 10.4 Å². The monoisotopic (exact) mass is 393 g/mol. The largest absolute Gasteiger partial charge is 0.493 e. The van der Waals surface area contributed by atoms with E-state index in [0.29, 0.717) is 16.5 Å². The van der Waals surface area contributed by atoms with E-state index in [-0.39, 0.29) is 6.61 Å². The van der Waals surface area contributed by atoms with Crippen molar-refractivity contribution in [3.8, 4) is 17.6 Å². The summed E-state index contributed by atoms with van der Waals surface area (Å²) in [6, 6.07) is 12.6. The number of hydrazone groups is 1. The van der Waals surface area contributed by atoms with E-state index in [9.17, 15) is 0 Å². The average Bonchev–Trinajstić information content (AvgIpc) is 2.56. The van der Waals surface area contributed by atoms with Crippen LogP contribution in [0.1, 0.15) is 5.56 Å². The number of nitrogens with zero attached hydrogens (tertiary/aromatic N) is 2. The van der Waals surface area contributed by atoms with E-state index in [0.717, 1.165) is 15.7 Å². The Hall–Kier alpha value is -2.23. The summed E-state index contributed by atoms with van der Waals surface area (Å²) in [5.41, 5.74) is 4.53. The lowest BCUT2D eigenvalue weighted by atomic mass is 10.2. The van der Waals surface area contributed by atoms with Crippen molar-refractivity contribution in [1.82, 2.24) is 0 Å². The smallest absolute Gasteiger partial charge is 0.174 e. The Morgan fingerprint density at radius 3 is 2.70 bits per heavy atom. The van der Waals surface area contributed by atoms with Crippen molar-refractivity contribution in [3.63, 3.8) is 0 Å². The van der Waals surface area contributed by atoms with E-state index < -0.39 is 0 Å². The van der Waals surface area contributed by atoms with Gasteiger partial charge in [-0.3, -0.25) is 5.43 Å². The molecule has 23 heavy (non-hydrogen) atoms. The predicted octanol–water partition coefficient (Wildman–Crippen LogP) is 4.46. The van der Waals surface area contributed by atoms with Crippen LogP contribution in [0.15, 0.2) is 46.0 Å². The summed E-state index contributed by atoms with van der Waals surface area (Å²) in [5.74, 6) is 1.01. The molecule has 0 aromatic heterocycles. The fraction of sp³-hybridized carbons (Fsp3) is 0.125. The number of nitriles is 1. The van der Waals surface area contributed by atoms with E-state index in [1.54, 1.807) is 30.5 Å². The van der Waals surface area contributed by atoms with Gasteiger partial charge in [0.15, 0.2) is 18.1 Å². The summed E-state index contributed by atoms with van der Waals surface area (Å²) < 4.78 is 11.3. The molecule has 0 aliphatic carbocycles. The van der Waals surface area contributed by atoms with Crippen molar-refractivity contribution < 1.29 is 9.47 Å². The van der Waals surface area contributed by atoms with Gasteiger partial charge >= 0.3 is 0 Å². The average molecular weight is 395 g/mol. The van der Waals surface area contributed by atoms with E-state index in [1.165, 1.54) is 7.11 Å². The lowest BCUT2D eigenvalue weighted by Gasteiger charge is -2.10. The maximum atomic E-state index is 8.59. The zero-order valence-electron chi connectivity index (χ0n) is 12.2. The third-order valence-corrected chi connectivity index (χ3v) is 3.76. The van der Waals surface area contributed by atoms with E-state index in [2.05, 4.69) is 26.5 Å². The number of rotatable bonds is 6. The number of benzene rings is 2. The molecule has 0 aliphatic heterocycles. The summed E-state index contributed by atoms with van der Waals surface area (Å²) in [7, 11) is 1.54. The van der Waals surface area contributed by atoms with Gasteiger partial charge in [0.2, 0.25) is 0 Å². The quantitative estimate of drug-likeness (QED) is 0.580. The summed E-state index contributed by atoms with van der Waals surface area (Å²) in [6.07, 6.45) is 1.65. The van der Waals surface area contributed by atoms with Gasteiger partial charge in [0.1, 0.15) is 6.07 Å². The van der Waals surface area contributed by atoms with Gasteiger partial charge in [-0.15, -0.1) is 0 Å². The van der Waals surface area contributed by atoms with Gasteiger partial charge in [0, 0.05) is 15.1 Å². The normalized spacial score (nSPS) is 10.3. The number of hydrogen-bond acceptors (Lipinski definition) is 5. The molecular weight excluding hydrogens is 382 g/mol. The first-order valence-electron chi connectivity index (χ1n) is 6.56. The maximum absolute atomic E-state index is 8.59. The highest BCUT2D eigenvalue weighted by Gasteiger charge is 2.09. The van der Waals surface area contributed by atoms with Crippen molar-refractivity contribution in [2.75, 3.05) is 19.1 Å². The van der Waals surface area contributed by atoms with Gasteiger partial charge in [-0.25, -0.2) is 0 Å². The van der Waals surface area contributed by atoms with Crippen LogP contribution >= 0.6 is 27.5 Å². The first kappa shape index (κ1) is 17.1. The molecule has 0 bridgehead atoms. The standard InChI is InChI=1S/C16H13BrClN3O2/c1-22-15-8-11(14(17)9-16(15)23-7-6-19)10-20-21-13-4-2-12(18)3-5-13/h2-5,8-10,21H,7H2,1H3/b20-10-. The van der Waals surface area contributed by atoms with Crippen LogP contribution < -0.4 is 14.9 Å². The minimum atomic E-state index is -0.0473. The van der Waals surface area contributed by atoms with Crippen LogP contribution in [-0.2, 0) is 0 Å². The van der Waals surface area contributed by atoms with Gasteiger partial charge in [-0.1, -0.05) is 11.6 Å². The number of nitrogens with one attached hydrogen (secondary N) is 1. The lowest BCUT2D eigenvalue weighted by molar-refractivity contribution is 0.329. The molecule has 0 fully saturated rings. The summed E-state index contributed by atoms with van der Waals surface area (Å²) >= 11 is 9.27. The Kier molecular flexibility index (Phi) is 6.27. The number of ether oxygens (including phenoxy) is 2. The predicted molar refractivity (Wildman–Crippen MR) is 94.5 cm³/mol. The Balaban J connectivity index is 2.14. The zero-order valence-corrected chi connectivity index (χ0v) is 14.6. The Bertz CT molecular complexity index is 742. The minimum Gasteiger partial charge on any atom is -0.493 e. The molecule has 0 amide bonds. The van der Waals surface area contributed by atoms with E-state index in [1.807, 2.05) is 18.2 Å². The zero-order chi connectivity index (χ0) is 16.7. The first-order chi connectivity index (χ1) is 11.1. The Morgan fingerprint density at radius 1 is 1.30 bits per heavy atom. The molecule has 0 radical (unpaired) electrons.